The van der Waals surface area contributed by atoms with E-state index in [0.717, 1.165) is 12.0 Å². The molecule has 1 atom stereocenters. The summed E-state index contributed by atoms with van der Waals surface area (Å²) in [6.45, 7) is 8.12. The Bertz CT molecular complexity index is 791. The molecule has 0 bridgehead atoms. The van der Waals surface area contributed by atoms with Crippen LogP contribution in [0.25, 0.3) is 0 Å². The highest BCUT2D eigenvalue weighted by atomic mass is 35.5. The van der Waals surface area contributed by atoms with Gasteiger partial charge in [-0.25, -0.2) is 0 Å². The molecule has 0 aliphatic carbocycles. The average molecular weight is 389 g/mol. The van der Waals surface area contributed by atoms with Gasteiger partial charge in [-0.15, -0.1) is 12.4 Å². The molecular weight excluding hydrogens is 360 g/mol. The molecule has 5 heteroatoms. The SMILES string of the molecule is Cc1ccccc1COc1ccccc1C(=O)N1CCC(N)C(C)(C)C1.Cl. The molecule has 1 aliphatic rings. The molecule has 1 heterocycles. The predicted molar refractivity (Wildman–Crippen MR) is 111 cm³/mol. The minimum atomic E-state index is -0.0785. The van der Waals surface area contributed by atoms with Gasteiger partial charge in [0, 0.05) is 19.1 Å². The number of carbonyl (C=O) groups excluding carboxylic acids is 1. The number of hydrogen-bond donors (Lipinski definition) is 1. The molecule has 0 radical (unpaired) electrons. The van der Waals surface area contributed by atoms with Crippen molar-refractivity contribution in [1.82, 2.24) is 4.90 Å². The van der Waals surface area contributed by atoms with E-state index in [4.69, 9.17) is 10.5 Å². The smallest absolute Gasteiger partial charge is 0.257 e. The zero-order chi connectivity index (χ0) is 18.7. The van der Waals surface area contributed by atoms with E-state index < -0.39 is 0 Å². The first-order valence-corrected chi connectivity index (χ1v) is 9.20. The molecule has 2 aromatic rings. The summed E-state index contributed by atoms with van der Waals surface area (Å²) in [5.41, 5.74) is 9.05. The Morgan fingerprint density at radius 1 is 1.19 bits per heavy atom. The maximum atomic E-state index is 13.1. The Morgan fingerprint density at radius 3 is 2.56 bits per heavy atom. The van der Waals surface area contributed by atoms with E-state index in [1.807, 2.05) is 47.4 Å². The van der Waals surface area contributed by atoms with Crippen LogP contribution >= 0.6 is 12.4 Å². The number of halogens is 1. The Morgan fingerprint density at radius 2 is 1.85 bits per heavy atom. The first kappa shape index (κ1) is 21.3. The van der Waals surface area contributed by atoms with Gasteiger partial charge in [0.25, 0.3) is 5.91 Å². The minimum absolute atomic E-state index is 0. The van der Waals surface area contributed by atoms with E-state index in [1.165, 1.54) is 5.56 Å². The van der Waals surface area contributed by atoms with Crippen molar-refractivity contribution in [3.05, 3.63) is 65.2 Å². The molecule has 146 valence electrons. The van der Waals surface area contributed by atoms with Crippen LogP contribution in [0.15, 0.2) is 48.5 Å². The monoisotopic (exact) mass is 388 g/mol. The number of piperidine rings is 1. The normalized spacial score (nSPS) is 18.5. The van der Waals surface area contributed by atoms with Gasteiger partial charge in [-0.1, -0.05) is 50.2 Å². The van der Waals surface area contributed by atoms with Crippen molar-refractivity contribution in [1.29, 1.82) is 0 Å². The summed E-state index contributed by atoms with van der Waals surface area (Å²) in [6.07, 6.45) is 0.824. The van der Waals surface area contributed by atoms with Gasteiger partial charge < -0.3 is 15.4 Å². The number of likely N-dealkylation sites (tertiary alicyclic amines) is 1. The maximum absolute atomic E-state index is 13.1. The van der Waals surface area contributed by atoms with Gasteiger partial charge >= 0.3 is 0 Å². The van der Waals surface area contributed by atoms with E-state index in [0.29, 0.717) is 31.0 Å². The third-order valence-electron chi connectivity index (χ3n) is 5.36. The van der Waals surface area contributed by atoms with E-state index in [1.54, 1.807) is 0 Å². The lowest BCUT2D eigenvalue weighted by molar-refractivity contribution is 0.0528. The Balaban J connectivity index is 0.00000261. The second-order valence-corrected chi connectivity index (χ2v) is 7.82. The fraction of sp³-hybridized carbons (Fsp3) is 0.409. The lowest BCUT2D eigenvalue weighted by Crippen LogP contribution is -2.54. The first-order chi connectivity index (χ1) is 12.4. The molecule has 27 heavy (non-hydrogen) atoms. The quantitative estimate of drug-likeness (QED) is 0.854. The van der Waals surface area contributed by atoms with Gasteiger partial charge in [-0.05, 0) is 42.0 Å². The van der Waals surface area contributed by atoms with Crippen molar-refractivity contribution in [2.45, 2.75) is 39.8 Å². The maximum Gasteiger partial charge on any atom is 0.257 e. The molecule has 1 saturated heterocycles. The molecular formula is C22H29ClN2O2. The van der Waals surface area contributed by atoms with Crippen LogP contribution in [0.3, 0.4) is 0 Å². The van der Waals surface area contributed by atoms with Gasteiger partial charge in [0.15, 0.2) is 0 Å². The second-order valence-electron chi connectivity index (χ2n) is 7.82. The summed E-state index contributed by atoms with van der Waals surface area (Å²) in [4.78, 5) is 15.0. The molecule has 3 rings (SSSR count). The van der Waals surface area contributed by atoms with E-state index in [-0.39, 0.29) is 29.8 Å². The van der Waals surface area contributed by atoms with Crippen LogP contribution in [0.2, 0.25) is 0 Å². The topological polar surface area (TPSA) is 55.6 Å². The van der Waals surface area contributed by atoms with Crippen molar-refractivity contribution in [3.8, 4) is 5.75 Å². The largest absolute Gasteiger partial charge is 0.488 e. The summed E-state index contributed by atoms with van der Waals surface area (Å²) < 4.78 is 6.02. The van der Waals surface area contributed by atoms with Crippen LogP contribution in [0.5, 0.6) is 5.75 Å². The van der Waals surface area contributed by atoms with Gasteiger partial charge in [0.1, 0.15) is 12.4 Å². The van der Waals surface area contributed by atoms with Crippen molar-refractivity contribution in [3.63, 3.8) is 0 Å². The van der Waals surface area contributed by atoms with Gasteiger partial charge in [0.2, 0.25) is 0 Å². The number of hydrogen-bond acceptors (Lipinski definition) is 3. The fourth-order valence-electron chi connectivity index (χ4n) is 3.41. The molecule has 4 nitrogen and oxygen atoms in total. The zero-order valence-corrected chi connectivity index (χ0v) is 17.1. The average Bonchev–Trinajstić information content (AvgIpc) is 2.63. The molecule has 1 amide bonds. The van der Waals surface area contributed by atoms with E-state index in [9.17, 15) is 4.79 Å². The van der Waals surface area contributed by atoms with Crippen molar-refractivity contribution in [2.24, 2.45) is 11.1 Å². The van der Waals surface area contributed by atoms with Crippen molar-refractivity contribution in [2.75, 3.05) is 13.1 Å². The first-order valence-electron chi connectivity index (χ1n) is 9.20. The number of benzene rings is 2. The van der Waals surface area contributed by atoms with Gasteiger partial charge in [-0.2, -0.15) is 0 Å². The van der Waals surface area contributed by atoms with Crippen molar-refractivity contribution < 1.29 is 9.53 Å². The number of nitrogens with two attached hydrogens (primary N) is 1. The molecule has 0 aromatic heterocycles. The Labute approximate surface area is 168 Å². The number of carbonyl (C=O) groups is 1. The fourth-order valence-corrected chi connectivity index (χ4v) is 3.41. The van der Waals surface area contributed by atoms with E-state index in [2.05, 4.69) is 26.8 Å². The van der Waals surface area contributed by atoms with Crippen LogP contribution in [-0.4, -0.2) is 29.9 Å². The zero-order valence-electron chi connectivity index (χ0n) is 16.3. The van der Waals surface area contributed by atoms with Crippen LogP contribution in [-0.2, 0) is 6.61 Å². The molecule has 2 N–H and O–H groups in total. The molecule has 1 fully saturated rings. The van der Waals surface area contributed by atoms with Crippen LogP contribution < -0.4 is 10.5 Å². The second kappa shape index (κ2) is 8.77. The number of aryl methyl sites for hydroxylation is 1. The lowest BCUT2D eigenvalue weighted by atomic mass is 9.79. The summed E-state index contributed by atoms with van der Waals surface area (Å²) >= 11 is 0. The molecule has 0 spiro atoms. The minimum Gasteiger partial charge on any atom is -0.488 e. The van der Waals surface area contributed by atoms with Crippen LogP contribution in [0.1, 0.15) is 41.8 Å². The highest BCUT2D eigenvalue weighted by molar-refractivity contribution is 5.97. The number of rotatable bonds is 4. The van der Waals surface area contributed by atoms with Crippen molar-refractivity contribution >= 4 is 18.3 Å². The summed E-state index contributed by atoms with van der Waals surface area (Å²) in [7, 11) is 0. The summed E-state index contributed by atoms with van der Waals surface area (Å²) in [5.74, 6) is 0.652. The Kier molecular flexibility index (Phi) is 6.90. The Hall–Kier alpha value is -2.04. The number of nitrogens with zero attached hydrogens (tertiary/aromatic N) is 1. The third-order valence-corrected chi connectivity index (χ3v) is 5.36. The van der Waals surface area contributed by atoms with Crippen LogP contribution in [0, 0.1) is 12.3 Å². The van der Waals surface area contributed by atoms with E-state index >= 15 is 0 Å². The number of ether oxygens (including phenoxy) is 1. The molecule has 1 aliphatic heterocycles. The van der Waals surface area contributed by atoms with Crippen LogP contribution in [0.4, 0.5) is 0 Å². The molecule has 2 aromatic carbocycles. The highest BCUT2D eigenvalue weighted by Crippen LogP contribution is 2.30. The summed E-state index contributed by atoms with van der Waals surface area (Å²) in [5, 5.41) is 0. The highest BCUT2D eigenvalue weighted by Gasteiger charge is 2.36. The molecule has 1 unspecified atom stereocenters. The number of amides is 1. The number of para-hydroxylation sites is 1. The predicted octanol–water partition coefficient (Wildman–Crippen LogP) is 4.20. The molecule has 0 saturated carbocycles. The van der Waals surface area contributed by atoms with Gasteiger partial charge in [0.05, 0.1) is 5.56 Å². The summed E-state index contributed by atoms with van der Waals surface area (Å²) in [6, 6.07) is 15.8. The third kappa shape index (κ3) is 4.82. The lowest BCUT2D eigenvalue weighted by Gasteiger charge is -2.42. The van der Waals surface area contributed by atoms with Gasteiger partial charge in [-0.3, -0.25) is 4.79 Å². The standard InChI is InChI=1S/C22H28N2O2.ClH/c1-16-8-4-5-9-17(16)14-26-19-11-7-6-10-18(19)21(25)24-13-12-20(23)22(2,3)15-24;/h4-11,20H,12-15,23H2,1-3H3;1H.